The van der Waals surface area contributed by atoms with Crippen molar-refractivity contribution in [2.75, 3.05) is 7.11 Å². The number of benzene rings is 1. The lowest BCUT2D eigenvalue weighted by Crippen LogP contribution is -2.29. The Balaban J connectivity index is 2.16. The Hall–Kier alpha value is -2.30. The van der Waals surface area contributed by atoms with Crippen LogP contribution in [0.1, 0.15) is 5.56 Å². The summed E-state index contributed by atoms with van der Waals surface area (Å²) in [7, 11) is 1.62. The van der Waals surface area contributed by atoms with E-state index in [1.165, 1.54) is 16.8 Å². The Labute approximate surface area is 104 Å². The first kappa shape index (κ1) is 12.2. The molecule has 0 aliphatic carbocycles. The van der Waals surface area contributed by atoms with Crippen molar-refractivity contribution in [1.82, 2.24) is 9.55 Å². The molecule has 0 bridgehead atoms. The van der Waals surface area contributed by atoms with Crippen molar-refractivity contribution < 1.29 is 4.74 Å². The number of aryl methyl sites for hydroxylation is 2. The zero-order valence-corrected chi connectivity index (χ0v) is 10.1. The van der Waals surface area contributed by atoms with Crippen LogP contribution in [0.2, 0.25) is 0 Å². The van der Waals surface area contributed by atoms with E-state index in [0.717, 1.165) is 11.3 Å². The molecule has 94 valence electrons. The molecule has 0 saturated carbocycles. The number of nitrogens with zero attached hydrogens (tertiary/aromatic N) is 1. The fourth-order valence-corrected chi connectivity index (χ4v) is 1.77. The van der Waals surface area contributed by atoms with E-state index in [2.05, 4.69) is 4.98 Å². The number of aromatic amines is 1. The molecular formula is C13H14N2O3. The minimum Gasteiger partial charge on any atom is -0.496 e. The summed E-state index contributed by atoms with van der Waals surface area (Å²) in [5.74, 6) is 0.801. The molecule has 0 atom stereocenters. The summed E-state index contributed by atoms with van der Waals surface area (Å²) in [6, 6.07) is 8.99. The molecule has 0 amide bonds. The Morgan fingerprint density at radius 2 is 2.00 bits per heavy atom. The van der Waals surface area contributed by atoms with Crippen molar-refractivity contribution in [2.24, 2.45) is 0 Å². The monoisotopic (exact) mass is 246 g/mol. The van der Waals surface area contributed by atoms with Crippen molar-refractivity contribution in [3.63, 3.8) is 0 Å². The third kappa shape index (κ3) is 2.68. The first-order valence-electron chi connectivity index (χ1n) is 5.62. The average Bonchev–Trinajstić information content (AvgIpc) is 2.38. The van der Waals surface area contributed by atoms with E-state index >= 15 is 0 Å². The fourth-order valence-electron chi connectivity index (χ4n) is 1.77. The highest BCUT2D eigenvalue weighted by Crippen LogP contribution is 2.17. The maximum absolute atomic E-state index is 11.5. The van der Waals surface area contributed by atoms with Gasteiger partial charge in [0.25, 0.3) is 5.56 Å². The predicted octanol–water partition coefficient (Wildman–Crippen LogP) is 0.788. The molecule has 1 aromatic heterocycles. The van der Waals surface area contributed by atoms with Crippen molar-refractivity contribution in [1.29, 1.82) is 0 Å². The van der Waals surface area contributed by atoms with Gasteiger partial charge in [-0.1, -0.05) is 18.2 Å². The molecule has 2 rings (SSSR count). The number of para-hydroxylation sites is 1. The number of hydrogen-bond acceptors (Lipinski definition) is 3. The van der Waals surface area contributed by atoms with Crippen molar-refractivity contribution >= 4 is 0 Å². The zero-order valence-electron chi connectivity index (χ0n) is 10.1. The fraction of sp³-hybridized carbons (Fsp3) is 0.231. The highest BCUT2D eigenvalue weighted by molar-refractivity contribution is 5.33. The van der Waals surface area contributed by atoms with Crippen molar-refractivity contribution in [3.05, 3.63) is 62.9 Å². The van der Waals surface area contributed by atoms with Gasteiger partial charge in [0.05, 0.1) is 7.11 Å². The van der Waals surface area contributed by atoms with Crippen LogP contribution in [-0.2, 0) is 13.0 Å². The van der Waals surface area contributed by atoms with Crippen LogP contribution in [0.4, 0.5) is 0 Å². The largest absolute Gasteiger partial charge is 0.496 e. The normalized spacial score (nSPS) is 10.3. The third-order valence-corrected chi connectivity index (χ3v) is 2.71. The molecule has 18 heavy (non-hydrogen) atoms. The highest BCUT2D eigenvalue weighted by Gasteiger charge is 2.02. The highest BCUT2D eigenvalue weighted by atomic mass is 16.5. The lowest BCUT2D eigenvalue weighted by Gasteiger charge is -2.08. The molecule has 0 spiro atoms. The summed E-state index contributed by atoms with van der Waals surface area (Å²) in [5, 5.41) is 0. The molecule has 1 heterocycles. The molecule has 5 heteroatoms. The topological polar surface area (TPSA) is 64.1 Å². The summed E-state index contributed by atoms with van der Waals surface area (Å²) in [5.41, 5.74) is 0.254. The van der Waals surface area contributed by atoms with Crippen molar-refractivity contribution in [3.8, 4) is 5.75 Å². The molecule has 0 radical (unpaired) electrons. The van der Waals surface area contributed by atoms with Crippen LogP contribution < -0.4 is 16.0 Å². The van der Waals surface area contributed by atoms with E-state index in [9.17, 15) is 9.59 Å². The molecular weight excluding hydrogens is 232 g/mol. The molecule has 0 unspecified atom stereocenters. The zero-order chi connectivity index (χ0) is 13.0. The summed E-state index contributed by atoms with van der Waals surface area (Å²) in [6.07, 6.45) is 2.16. The number of methoxy groups -OCH3 is 1. The van der Waals surface area contributed by atoms with E-state index in [1.807, 2.05) is 24.3 Å². The van der Waals surface area contributed by atoms with Gasteiger partial charge < -0.3 is 9.30 Å². The Kier molecular flexibility index (Phi) is 3.62. The van der Waals surface area contributed by atoms with Gasteiger partial charge in [0.1, 0.15) is 5.75 Å². The van der Waals surface area contributed by atoms with Crippen LogP contribution >= 0.6 is 0 Å². The van der Waals surface area contributed by atoms with E-state index in [1.54, 1.807) is 7.11 Å². The summed E-state index contributed by atoms with van der Waals surface area (Å²) in [4.78, 5) is 24.6. The molecule has 0 aliphatic heterocycles. The van der Waals surface area contributed by atoms with Crippen LogP contribution in [0.3, 0.4) is 0 Å². The molecule has 0 saturated heterocycles. The van der Waals surface area contributed by atoms with Gasteiger partial charge in [-0.25, -0.2) is 4.79 Å². The van der Waals surface area contributed by atoms with Gasteiger partial charge in [0, 0.05) is 18.8 Å². The van der Waals surface area contributed by atoms with Gasteiger partial charge in [-0.15, -0.1) is 0 Å². The molecule has 1 aromatic carbocycles. The SMILES string of the molecule is COc1ccccc1CCn1ccc(=O)[nH]c1=O. The van der Waals surface area contributed by atoms with E-state index in [0.29, 0.717) is 13.0 Å². The maximum Gasteiger partial charge on any atom is 0.328 e. The third-order valence-electron chi connectivity index (χ3n) is 2.71. The van der Waals surface area contributed by atoms with Gasteiger partial charge in [0.15, 0.2) is 0 Å². The van der Waals surface area contributed by atoms with Crippen LogP contribution in [0.5, 0.6) is 5.75 Å². The first-order valence-corrected chi connectivity index (χ1v) is 5.62. The molecule has 2 aromatic rings. The van der Waals surface area contributed by atoms with E-state index in [4.69, 9.17) is 4.74 Å². The van der Waals surface area contributed by atoms with Gasteiger partial charge in [-0.3, -0.25) is 9.78 Å². The first-order chi connectivity index (χ1) is 8.70. The number of H-pyrrole nitrogens is 1. The average molecular weight is 246 g/mol. The molecule has 1 N–H and O–H groups in total. The minimum atomic E-state index is -0.391. The summed E-state index contributed by atoms with van der Waals surface area (Å²) >= 11 is 0. The lowest BCUT2D eigenvalue weighted by molar-refractivity contribution is 0.408. The van der Waals surface area contributed by atoms with Gasteiger partial charge in [0.2, 0.25) is 0 Å². The number of aromatic nitrogens is 2. The van der Waals surface area contributed by atoms with E-state index < -0.39 is 5.69 Å². The molecule has 5 nitrogen and oxygen atoms in total. The number of nitrogens with one attached hydrogen (secondary N) is 1. The minimum absolute atomic E-state index is 0.381. The van der Waals surface area contributed by atoms with Crippen LogP contribution in [0.15, 0.2) is 46.1 Å². The van der Waals surface area contributed by atoms with Gasteiger partial charge in [-0.2, -0.15) is 0 Å². The predicted molar refractivity (Wildman–Crippen MR) is 68.0 cm³/mol. The summed E-state index contributed by atoms with van der Waals surface area (Å²) < 4.78 is 6.70. The molecule has 0 aliphatic rings. The lowest BCUT2D eigenvalue weighted by atomic mass is 10.1. The Morgan fingerprint density at radius 3 is 2.72 bits per heavy atom. The second-order valence-corrected chi connectivity index (χ2v) is 3.87. The smallest absolute Gasteiger partial charge is 0.328 e. The van der Waals surface area contributed by atoms with Gasteiger partial charge in [-0.05, 0) is 18.1 Å². The van der Waals surface area contributed by atoms with Crippen molar-refractivity contribution in [2.45, 2.75) is 13.0 Å². The number of rotatable bonds is 4. The van der Waals surface area contributed by atoms with Crippen LogP contribution in [-0.4, -0.2) is 16.7 Å². The van der Waals surface area contributed by atoms with Crippen LogP contribution in [0.25, 0.3) is 0 Å². The quantitative estimate of drug-likeness (QED) is 0.867. The van der Waals surface area contributed by atoms with E-state index in [-0.39, 0.29) is 5.56 Å². The maximum atomic E-state index is 11.5. The number of hydrogen-bond donors (Lipinski definition) is 1. The Morgan fingerprint density at radius 1 is 1.22 bits per heavy atom. The number of ether oxygens (including phenoxy) is 1. The molecule has 0 fully saturated rings. The Bertz CT molecular complexity index is 643. The second-order valence-electron chi connectivity index (χ2n) is 3.87. The summed E-state index contributed by atoms with van der Waals surface area (Å²) in [6.45, 7) is 0.496. The van der Waals surface area contributed by atoms with Crippen LogP contribution in [0, 0.1) is 0 Å². The second kappa shape index (κ2) is 5.35. The van der Waals surface area contributed by atoms with Gasteiger partial charge >= 0.3 is 5.69 Å². The standard InChI is InChI=1S/C13H14N2O3/c1-18-11-5-3-2-4-10(11)6-8-15-9-7-12(16)14-13(15)17/h2-5,7,9H,6,8H2,1H3,(H,14,16,17).